The van der Waals surface area contributed by atoms with E-state index in [1.807, 2.05) is 0 Å². The standard InChI is InChI=1S/C15H11FN2O3/c16-12-3-2-11(15(20)21)9-13(12)18-14(19)4-1-10-5-7-17-8-6-10/h1-9H,(H,18,19)(H,20,21). The molecule has 1 aromatic carbocycles. The van der Waals surface area contributed by atoms with Crippen molar-refractivity contribution in [3.63, 3.8) is 0 Å². The number of pyridine rings is 1. The van der Waals surface area contributed by atoms with E-state index in [4.69, 9.17) is 5.11 Å². The van der Waals surface area contributed by atoms with E-state index >= 15 is 0 Å². The molecule has 106 valence electrons. The summed E-state index contributed by atoms with van der Waals surface area (Å²) in [5, 5.41) is 11.1. The van der Waals surface area contributed by atoms with Crippen molar-refractivity contribution in [1.29, 1.82) is 0 Å². The van der Waals surface area contributed by atoms with Crippen LogP contribution >= 0.6 is 0 Å². The Hall–Kier alpha value is -3.02. The van der Waals surface area contributed by atoms with Gasteiger partial charge in [-0.25, -0.2) is 9.18 Å². The van der Waals surface area contributed by atoms with Gasteiger partial charge in [0.1, 0.15) is 5.82 Å². The number of carboxylic acids is 1. The number of nitrogens with one attached hydrogen (secondary N) is 1. The summed E-state index contributed by atoms with van der Waals surface area (Å²) < 4.78 is 13.5. The van der Waals surface area contributed by atoms with Crippen LogP contribution in [0, 0.1) is 5.82 Å². The summed E-state index contributed by atoms with van der Waals surface area (Å²) in [6, 6.07) is 6.59. The molecule has 2 rings (SSSR count). The average molecular weight is 286 g/mol. The van der Waals surface area contributed by atoms with Gasteiger partial charge in [-0.3, -0.25) is 9.78 Å². The number of aromatic carboxylic acids is 1. The Bertz CT molecular complexity index is 699. The average Bonchev–Trinajstić information content (AvgIpc) is 2.48. The monoisotopic (exact) mass is 286 g/mol. The van der Waals surface area contributed by atoms with Crippen molar-refractivity contribution < 1.29 is 19.1 Å². The lowest BCUT2D eigenvalue weighted by atomic mass is 10.2. The summed E-state index contributed by atoms with van der Waals surface area (Å²) in [5.74, 6) is -2.46. The second-order valence-electron chi connectivity index (χ2n) is 4.10. The summed E-state index contributed by atoms with van der Waals surface area (Å²) in [7, 11) is 0. The third-order valence-corrected chi connectivity index (χ3v) is 2.60. The van der Waals surface area contributed by atoms with Gasteiger partial charge >= 0.3 is 5.97 Å². The fourth-order valence-corrected chi connectivity index (χ4v) is 1.57. The normalized spacial score (nSPS) is 10.5. The highest BCUT2D eigenvalue weighted by atomic mass is 19.1. The number of anilines is 1. The lowest BCUT2D eigenvalue weighted by Crippen LogP contribution is -2.10. The van der Waals surface area contributed by atoms with Crippen LogP contribution in [0.15, 0.2) is 48.8 Å². The summed E-state index contributed by atoms with van der Waals surface area (Å²) in [6.45, 7) is 0. The molecule has 0 bridgehead atoms. The molecule has 0 unspecified atom stereocenters. The van der Waals surface area contributed by atoms with Crippen LogP contribution in [0.1, 0.15) is 15.9 Å². The van der Waals surface area contributed by atoms with E-state index in [0.29, 0.717) is 0 Å². The van der Waals surface area contributed by atoms with Crippen LogP contribution in [0.2, 0.25) is 0 Å². The number of carbonyl (C=O) groups is 2. The Morgan fingerprint density at radius 2 is 1.90 bits per heavy atom. The number of aromatic nitrogens is 1. The molecular weight excluding hydrogens is 275 g/mol. The molecule has 1 heterocycles. The molecule has 0 spiro atoms. The number of carboxylic acid groups (broad SMARTS) is 1. The van der Waals surface area contributed by atoms with Gasteiger partial charge in [0.25, 0.3) is 0 Å². The summed E-state index contributed by atoms with van der Waals surface area (Å²) >= 11 is 0. The van der Waals surface area contributed by atoms with Crippen molar-refractivity contribution in [3.05, 3.63) is 65.7 Å². The molecule has 0 saturated heterocycles. The highest BCUT2D eigenvalue weighted by molar-refractivity contribution is 6.02. The van der Waals surface area contributed by atoms with E-state index in [-0.39, 0.29) is 11.3 Å². The maximum absolute atomic E-state index is 13.5. The van der Waals surface area contributed by atoms with E-state index in [9.17, 15) is 14.0 Å². The number of hydrogen-bond donors (Lipinski definition) is 2. The molecule has 5 nitrogen and oxygen atoms in total. The van der Waals surface area contributed by atoms with Gasteiger partial charge in [-0.2, -0.15) is 0 Å². The van der Waals surface area contributed by atoms with Gasteiger partial charge in [-0.1, -0.05) is 0 Å². The molecule has 6 heteroatoms. The largest absolute Gasteiger partial charge is 0.478 e. The molecule has 0 atom stereocenters. The third kappa shape index (κ3) is 3.97. The Morgan fingerprint density at radius 1 is 1.19 bits per heavy atom. The van der Waals surface area contributed by atoms with Crippen LogP contribution < -0.4 is 5.32 Å². The zero-order valence-corrected chi connectivity index (χ0v) is 10.8. The van der Waals surface area contributed by atoms with Crippen LogP contribution in [0.5, 0.6) is 0 Å². The predicted molar refractivity (Wildman–Crippen MR) is 75.3 cm³/mol. The van der Waals surface area contributed by atoms with Crippen LogP contribution in [0.4, 0.5) is 10.1 Å². The molecule has 21 heavy (non-hydrogen) atoms. The number of carbonyl (C=O) groups excluding carboxylic acids is 1. The molecular formula is C15H11FN2O3. The molecule has 0 radical (unpaired) electrons. The minimum absolute atomic E-state index is 0.107. The Labute approximate surface area is 119 Å². The zero-order valence-electron chi connectivity index (χ0n) is 10.8. The van der Waals surface area contributed by atoms with Crippen LogP contribution in [0.3, 0.4) is 0 Å². The second kappa shape index (κ2) is 6.42. The lowest BCUT2D eigenvalue weighted by Gasteiger charge is -2.05. The van der Waals surface area contributed by atoms with Gasteiger partial charge in [-0.05, 0) is 42.0 Å². The first-order valence-electron chi connectivity index (χ1n) is 5.98. The van der Waals surface area contributed by atoms with Crippen LogP contribution in [-0.4, -0.2) is 22.0 Å². The van der Waals surface area contributed by atoms with E-state index in [0.717, 1.165) is 23.8 Å². The molecule has 1 amide bonds. The van der Waals surface area contributed by atoms with E-state index < -0.39 is 17.7 Å². The first kappa shape index (κ1) is 14.4. The Balaban J connectivity index is 2.11. The van der Waals surface area contributed by atoms with Gasteiger partial charge in [0, 0.05) is 18.5 Å². The first-order chi connectivity index (χ1) is 10.1. The number of amides is 1. The quantitative estimate of drug-likeness (QED) is 0.847. The second-order valence-corrected chi connectivity index (χ2v) is 4.10. The minimum Gasteiger partial charge on any atom is -0.478 e. The molecule has 0 aliphatic rings. The highest BCUT2D eigenvalue weighted by Crippen LogP contribution is 2.16. The van der Waals surface area contributed by atoms with Gasteiger partial charge in [0.15, 0.2) is 0 Å². The number of rotatable bonds is 4. The summed E-state index contributed by atoms with van der Waals surface area (Å²) in [6.07, 6.45) is 5.92. The number of benzene rings is 1. The lowest BCUT2D eigenvalue weighted by molar-refractivity contribution is -0.111. The SMILES string of the molecule is O=C(C=Cc1ccncc1)Nc1cc(C(=O)O)ccc1F. The van der Waals surface area contributed by atoms with E-state index in [1.54, 1.807) is 24.5 Å². The van der Waals surface area contributed by atoms with E-state index in [1.165, 1.54) is 12.2 Å². The van der Waals surface area contributed by atoms with Gasteiger partial charge in [0.05, 0.1) is 11.3 Å². The van der Waals surface area contributed by atoms with Gasteiger partial charge in [0.2, 0.25) is 5.91 Å². The van der Waals surface area contributed by atoms with Crippen LogP contribution in [-0.2, 0) is 4.79 Å². The van der Waals surface area contributed by atoms with Crippen LogP contribution in [0.25, 0.3) is 6.08 Å². The summed E-state index contributed by atoms with van der Waals surface area (Å²) in [4.78, 5) is 26.3. The number of hydrogen-bond acceptors (Lipinski definition) is 3. The predicted octanol–water partition coefficient (Wildman–Crippen LogP) is 2.57. The Kier molecular flexibility index (Phi) is 4.40. The van der Waals surface area contributed by atoms with Crippen molar-refractivity contribution in [2.45, 2.75) is 0 Å². The molecule has 2 aromatic rings. The van der Waals surface area contributed by atoms with Crippen molar-refractivity contribution >= 4 is 23.6 Å². The van der Waals surface area contributed by atoms with Crippen molar-refractivity contribution in [2.75, 3.05) is 5.32 Å². The fourth-order valence-electron chi connectivity index (χ4n) is 1.57. The Morgan fingerprint density at radius 3 is 2.57 bits per heavy atom. The topological polar surface area (TPSA) is 79.3 Å². The smallest absolute Gasteiger partial charge is 0.335 e. The summed E-state index contributed by atoms with van der Waals surface area (Å²) in [5.41, 5.74) is 0.476. The molecule has 0 saturated carbocycles. The molecule has 2 N–H and O–H groups in total. The zero-order chi connectivity index (χ0) is 15.2. The first-order valence-corrected chi connectivity index (χ1v) is 5.98. The van der Waals surface area contributed by atoms with Crippen molar-refractivity contribution in [3.8, 4) is 0 Å². The van der Waals surface area contributed by atoms with Crippen molar-refractivity contribution in [1.82, 2.24) is 4.98 Å². The number of nitrogens with zero attached hydrogens (tertiary/aromatic N) is 1. The molecule has 1 aromatic heterocycles. The third-order valence-electron chi connectivity index (χ3n) is 2.60. The molecule has 0 fully saturated rings. The maximum Gasteiger partial charge on any atom is 0.335 e. The maximum atomic E-state index is 13.5. The fraction of sp³-hybridized carbons (Fsp3) is 0. The molecule has 0 aliphatic carbocycles. The number of halogens is 1. The molecule has 0 aliphatic heterocycles. The highest BCUT2D eigenvalue weighted by Gasteiger charge is 2.09. The van der Waals surface area contributed by atoms with E-state index in [2.05, 4.69) is 10.3 Å². The minimum atomic E-state index is -1.20. The van der Waals surface area contributed by atoms with Gasteiger partial charge < -0.3 is 10.4 Å². The van der Waals surface area contributed by atoms with Crippen molar-refractivity contribution in [2.24, 2.45) is 0 Å². The van der Waals surface area contributed by atoms with Gasteiger partial charge in [-0.15, -0.1) is 0 Å².